The Morgan fingerprint density at radius 1 is 1.42 bits per heavy atom. The highest BCUT2D eigenvalue weighted by molar-refractivity contribution is 5.95. The van der Waals surface area contributed by atoms with Gasteiger partial charge >= 0.3 is 5.97 Å². The maximum atomic E-state index is 12.0. The molecule has 1 fully saturated rings. The molecule has 3 atom stereocenters. The molecule has 106 valence electrons. The van der Waals surface area contributed by atoms with Crippen molar-refractivity contribution in [3.05, 3.63) is 11.6 Å². The molecule has 0 aromatic rings. The summed E-state index contributed by atoms with van der Waals surface area (Å²) in [6, 6.07) is 0. The first kappa shape index (κ1) is 14.3. The lowest BCUT2D eigenvalue weighted by atomic mass is 9.57. The number of ether oxygens (including phenoxy) is 1. The van der Waals surface area contributed by atoms with Gasteiger partial charge in [0.1, 0.15) is 0 Å². The molecule has 19 heavy (non-hydrogen) atoms. The molecule has 0 aromatic carbocycles. The van der Waals surface area contributed by atoms with E-state index in [-0.39, 0.29) is 23.1 Å². The van der Waals surface area contributed by atoms with E-state index in [0.29, 0.717) is 18.3 Å². The Morgan fingerprint density at radius 2 is 2.11 bits per heavy atom. The molecule has 0 heterocycles. The monoisotopic (exact) mass is 264 g/mol. The van der Waals surface area contributed by atoms with Crippen molar-refractivity contribution in [1.29, 1.82) is 0 Å². The average Bonchev–Trinajstić information content (AvgIpc) is 2.37. The molecule has 1 saturated carbocycles. The van der Waals surface area contributed by atoms with Gasteiger partial charge in [-0.25, -0.2) is 0 Å². The lowest BCUT2D eigenvalue weighted by Gasteiger charge is -2.46. The Kier molecular flexibility index (Phi) is 3.84. The number of hydrogen-bond donors (Lipinski definition) is 0. The molecule has 0 radical (unpaired) electrons. The van der Waals surface area contributed by atoms with Gasteiger partial charge in [-0.05, 0) is 37.2 Å². The van der Waals surface area contributed by atoms with Crippen LogP contribution in [0.25, 0.3) is 0 Å². The van der Waals surface area contributed by atoms with Gasteiger partial charge in [-0.1, -0.05) is 26.3 Å². The number of allylic oxidation sites excluding steroid dienone is 2. The zero-order chi connectivity index (χ0) is 14.2. The first-order valence-corrected chi connectivity index (χ1v) is 7.20. The Balaban J connectivity index is 2.31. The van der Waals surface area contributed by atoms with Gasteiger partial charge in [-0.2, -0.15) is 0 Å². The lowest BCUT2D eigenvalue weighted by Crippen LogP contribution is -2.43. The van der Waals surface area contributed by atoms with Gasteiger partial charge in [-0.15, -0.1) is 0 Å². The lowest BCUT2D eigenvalue weighted by molar-refractivity contribution is -0.152. The summed E-state index contributed by atoms with van der Waals surface area (Å²) in [5, 5.41) is 0. The van der Waals surface area contributed by atoms with Crippen LogP contribution in [0.4, 0.5) is 0 Å². The summed E-state index contributed by atoms with van der Waals surface area (Å²) >= 11 is 0. The summed E-state index contributed by atoms with van der Waals surface area (Å²) in [6.45, 7) is 6.59. The maximum Gasteiger partial charge on any atom is 0.310 e. The predicted molar refractivity (Wildman–Crippen MR) is 73.5 cm³/mol. The van der Waals surface area contributed by atoms with Gasteiger partial charge in [0.25, 0.3) is 0 Å². The molecule has 0 spiro atoms. The fraction of sp³-hybridized carbons (Fsp3) is 0.750. The Labute approximate surface area is 115 Å². The first-order chi connectivity index (χ1) is 8.88. The third-order valence-electron chi connectivity index (χ3n) is 5.19. The van der Waals surface area contributed by atoms with Crippen LogP contribution in [-0.2, 0) is 14.3 Å². The van der Waals surface area contributed by atoms with Gasteiger partial charge in [0, 0.05) is 11.8 Å². The van der Waals surface area contributed by atoms with Crippen LogP contribution in [0.3, 0.4) is 0 Å². The minimum Gasteiger partial charge on any atom is -0.469 e. The number of carbonyl (C=O) groups is 2. The highest BCUT2D eigenvalue weighted by atomic mass is 16.5. The van der Waals surface area contributed by atoms with Crippen LogP contribution in [0.1, 0.15) is 46.5 Å². The molecule has 0 aliphatic heterocycles. The second kappa shape index (κ2) is 5.10. The SMILES string of the molecule is COC(=O)C1CC(=O)C=C2C[C@H](C(C)C)CC[C@]21C. The van der Waals surface area contributed by atoms with E-state index in [1.807, 2.05) is 0 Å². The number of esters is 1. The highest BCUT2D eigenvalue weighted by Crippen LogP contribution is 2.52. The molecule has 0 aromatic heterocycles. The standard InChI is InChI=1S/C16H24O3/c1-10(2)11-5-6-16(3)12(7-11)8-13(17)9-14(16)15(18)19-4/h8,10-11,14H,5-7,9H2,1-4H3/t11-,14?,16-/m1/s1. The summed E-state index contributed by atoms with van der Waals surface area (Å²) in [5.74, 6) is 0.803. The van der Waals surface area contributed by atoms with Gasteiger partial charge in [-0.3, -0.25) is 9.59 Å². The summed E-state index contributed by atoms with van der Waals surface area (Å²) in [7, 11) is 1.41. The minimum atomic E-state index is -0.293. The van der Waals surface area contributed by atoms with Gasteiger partial charge < -0.3 is 4.74 Å². The van der Waals surface area contributed by atoms with Crippen molar-refractivity contribution in [2.75, 3.05) is 7.11 Å². The van der Waals surface area contributed by atoms with Crippen molar-refractivity contribution in [2.45, 2.75) is 46.5 Å². The molecular formula is C16H24O3. The van der Waals surface area contributed by atoms with Crippen molar-refractivity contribution >= 4 is 11.8 Å². The van der Waals surface area contributed by atoms with E-state index < -0.39 is 0 Å². The highest BCUT2D eigenvalue weighted by Gasteiger charge is 2.48. The summed E-state index contributed by atoms with van der Waals surface area (Å²) in [5.41, 5.74) is 0.996. The zero-order valence-corrected chi connectivity index (χ0v) is 12.4. The number of methoxy groups -OCH3 is 1. The fourth-order valence-electron chi connectivity index (χ4n) is 3.62. The molecule has 2 rings (SSSR count). The van der Waals surface area contributed by atoms with Crippen LogP contribution in [0.5, 0.6) is 0 Å². The topological polar surface area (TPSA) is 43.4 Å². The van der Waals surface area contributed by atoms with Gasteiger partial charge in [0.2, 0.25) is 0 Å². The fourth-order valence-corrected chi connectivity index (χ4v) is 3.62. The van der Waals surface area contributed by atoms with Crippen LogP contribution in [0.15, 0.2) is 11.6 Å². The van der Waals surface area contributed by atoms with E-state index in [1.54, 1.807) is 6.08 Å². The third-order valence-corrected chi connectivity index (χ3v) is 5.19. The molecule has 3 nitrogen and oxygen atoms in total. The quantitative estimate of drug-likeness (QED) is 0.720. The molecule has 3 heteroatoms. The molecule has 0 saturated heterocycles. The van der Waals surface area contributed by atoms with Crippen molar-refractivity contribution < 1.29 is 14.3 Å². The summed E-state index contributed by atoms with van der Waals surface area (Å²) in [6.07, 6.45) is 5.17. The maximum absolute atomic E-state index is 12.0. The van der Waals surface area contributed by atoms with E-state index in [4.69, 9.17) is 4.74 Å². The molecule has 0 bridgehead atoms. The third kappa shape index (κ3) is 2.47. The Hall–Kier alpha value is -1.12. The summed E-state index contributed by atoms with van der Waals surface area (Å²) in [4.78, 5) is 23.9. The van der Waals surface area contributed by atoms with Crippen molar-refractivity contribution in [2.24, 2.45) is 23.2 Å². The second-order valence-corrected chi connectivity index (χ2v) is 6.58. The molecule has 0 N–H and O–H groups in total. The summed E-state index contributed by atoms with van der Waals surface area (Å²) < 4.78 is 4.91. The zero-order valence-electron chi connectivity index (χ0n) is 12.4. The number of rotatable bonds is 2. The van der Waals surface area contributed by atoms with Gasteiger partial charge in [0.15, 0.2) is 5.78 Å². The Morgan fingerprint density at radius 3 is 2.68 bits per heavy atom. The van der Waals surface area contributed by atoms with Crippen molar-refractivity contribution in [3.8, 4) is 0 Å². The molecule has 2 aliphatic rings. The number of ketones is 1. The van der Waals surface area contributed by atoms with Crippen LogP contribution in [-0.4, -0.2) is 18.9 Å². The van der Waals surface area contributed by atoms with Crippen molar-refractivity contribution in [1.82, 2.24) is 0 Å². The minimum absolute atomic E-state index is 0.0762. The smallest absolute Gasteiger partial charge is 0.310 e. The number of hydrogen-bond acceptors (Lipinski definition) is 3. The largest absolute Gasteiger partial charge is 0.469 e. The number of fused-ring (bicyclic) bond motifs is 1. The molecule has 2 aliphatic carbocycles. The first-order valence-electron chi connectivity index (χ1n) is 7.20. The van der Waals surface area contributed by atoms with E-state index in [0.717, 1.165) is 19.3 Å². The normalized spacial score (nSPS) is 34.8. The molecular weight excluding hydrogens is 240 g/mol. The molecule has 0 amide bonds. The second-order valence-electron chi connectivity index (χ2n) is 6.58. The number of carbonyl (C=O) groups excluding carboxylic acids is 2. The van der Waals surface area contributed by atoms with Crippen LogP contribution in [0.2, 0.25) is 0 Å². The predicted octanol–water partition coefficient (Wildman–Crippen LogP) is 3.14. The van der Waals surface area contributed by atoms with Gasteiger partial charge in [0.05, 0.1) is 13.0 Å². The van der Waals surface area contributed by atoms with Crippen LogP contribution >= 0.6 is 0 Å². The van der Waals surface area contributed by atoms with Crippen LogP contribution in [0, 0.1) is 23.2 Å². The van der Waals surface area contributed by atoms with Crippen LogP contribution < -0.4 is 0 Å². The van der Waals surface area contributed by atoms with E-state index in [2.05, 4.69) is 20.8 Å². The average molecular weight is 264 g/mol. The Bertz CT molecular complexity index is 422. The van der Waals surface area contributed by atoms with E-state index in [9.17, 15) is 9.59 Å². The van der Waals surface area contributed by atoms with E-state index >= 15 is 0 Å². The van der Waals surface area contributed by atoms with E-state index in [1.165, 1.54) is 12.7 Å². The van der Waals surface area contributed by atoms with Crippen molar-refractivity contribution in [3.63, 3.8) is 0 Å². The molecule has 1 unspecified atom stereocenters.